The third-order valence-electron chi connectivity index (χ3n) is 2.39. The largest absolute Gasteiger partial charge is 0.531 e. The van der Waals surface area contributed by atoms with Crippen molar-refractivity contribution in [2.24, 2.45) is 0 Å². The summed E-state index contributed by atoms with van der Waals surface area (Å²) in [5.41, 5.74) is 0.879. The Morgan fingerprint density at radius 2 is 1.84 bits per heavy atom. The quantitative estimate of drug-likeness (QED) is 0.782. The molecule has 0 atom stereocenters. The Hall–Kier alpha value is -0.810. The second kappa shape index (κ2) is 6.09. The Morgan fingerprint density at radius 1 is 1.21 bits per heavy atom. The van der Waals surface area contributed by atoms with Crippen LogP contribution in [0.1, 0.15) is 13.8 Å². The van der Waals surface area contributed by atoms with Crippen LogP contribution in [-0.4, -0.2) is 18.2 Å². The number of halogens is 1. The Kier molecular flexibility index (Phi) is 4.68. The molecule has 0 aliphatic carbocycles. The number of H-pyrrole nitrogens is 1. The Balaban J connectivity index is 2.34. The van der Waals surface area contributed by atoms with Crippen molar-refractivity contribution in [3.8, 4) is 5.88 Å². The first kappa shape index (κ1) is 14.6. The van der Waals surface area contributed by atoms with Crippen molar-refractivity contribution in [3.63, 3.8) is 0 Å². The average Bonchev–Trinajstić information content (AvgIpc) is 2.67. The van der Waals surface area contributed by atoms with E-state index < -0.39 is 7.82 Å². The molecule has 1 aromatic carbocycles. The number of fused-ring (bicyclic) bond motifs is 1. The van der Waals surface area contributed by atoms with E-state index in [0.717, 1.165) is 10.9 Å². The van der Waals surface area contributed by atoms with E-state index in [1.165, 1.54) is 0 Å². The average molecular weight is 348 g/mol. The Bertz CT molecular complexity index is 603. The van der Waals surface area contributed by atoms with Gasteiger partial charge in [0.05, 0.1) is 17.7 Å². The number of benzene rings is 1. The molecule has 0 spiro atoms. The van der Waals surface area contributed by atoms with E-state index in [9.17, 15) is 4.57 Å². The van der Waals surface area contributed by atoms with E-state index in [-0.39, 0.29) is 13.2 Å². The van der Waals surface area contributed by atoms with Gasteiger partial charge >= 0.3 is 7.82 Å². The molecule has 0 fully saturated rings. The zero-order valence-corrected chi connectivity index (χ0v) is 13.2. The molecule has 5 nitrogen and oxygen atoms in total. The van der Waals surface area contributed by atoms with Gasteiger partial charge in [-0.2, -0.15) is 0 Å². The van der Waals surface area contributed by atoms with Gasteiger partial charge < -0.3 is 9.51 Å². The normalized spacial score (nSPS) is 11.9. The first-order chi connectivity index (χ1) is 9.09. The van der Waals surface area contributed by atoms with Crippen molar-refractivity contribution >= 4 is 34.7 Å². The molecule has 1 aromatic heterocycles. The van der Waals surface area contributed by atoms with Crippen molar-refractivity contribution in [1.29, 1.82) is 0 Å². The lowest BCUT2D eigenvalue weighted by Crippen LogP contribution is -2.02. The molecule has 7 heteroatoms. The summed E-state index contributed by atoms with van der Waals surface area (Å²) in [6.45, 7) is 3.95. The van der Waals surface area contributed by atoms with Crippen LogP contribution in [0, 0.1) is 0 Å². The highest BCUT2D eigenvalue weighted by Gasteiger charge is 2.29. The van der Waals surface area contributed by atoms with Gasteiger partial charge in [-0.15, -0.1) is 0 Å². The standard InChI is InChI=1S/C12H15BrNO4P/c1-3-16-19(15,17-4-2)18-12-11(13)9-7-5-6-8-10(9)14-12/h5-8,14H,3-4H2,1-2H3. The Labute approximate surface area is 120 Å². The summed E-state index contributed by atoms with van der Waals surface area (Å²) < 4.78 is 28.6. The first-order valence-corrected chi connectivity index (χ1v) is 8.20. The zero-order chi connectivity index (χ0) is 13.9. The van der Waals surface area contributed by atoms with Crippen LogP contribution in [0.15, 0.2) is 28.7 Å². The highest BCUT2D eigenvalue weighted by molar-refractivity contribution is 9.10. The van der Waals surface area contributed by atoms with Gasteiger partial charge in [-0.1, -0.05) is 18.2 Å². The molecule has 2 rings (SSSR count). The van der Waals surface area contributed by atoms with Crippen LogP contribution in [0.4, 0.5) is 0 Å². The monoisotopic (exact) mass is 347 g/mol. The first-order valence-electron chi connectivity index (χ1n) is 5.94. The third kappa shape index (κ3) is 3.20. The molecular weight excluding hydrogens is 333 g/mol. The molecule has 0 saturated heterocycles. The number of hydrogen-bond acceptors (Lipinski definition) is 4. The van der Waals surface area contributed by atoms with Crippen LogP contribution >= 0.6 is 23.8 Å². The van der Waals surface area contributed by atoms with Crippen LogP contribution in [0.3, 0.4) is 0 Å². The van der Waals surface area contributed by atoms with Crippen molar-refractivity contribution in [2.45, 2.75) is 13.8 Å². The summed E-state index contributed by atoms with van der Waals surface area (Å²) >= 11 is 3.42. The van der Waals surface area contributed by atoms with Gasteiger partial charge in [0.15, 0.2) is 0 Å². The molecule has 0 aliphatic heterocycles. The summed E-state index contributed by atoms with van der Waals surface area (Å²) in [5, 5.41) is 0.942. The molecule has 0 saturated carbocycles. The van der Waals surface area contributed by atoms with Gasteiger partial charge in [0.25, 0.3) is 0 Å². The molecule has 1 N–H and O–H groups in total. The summed E-state index contributed by atoms with van der Waals surface area (Å²) in [6, 6.07) is 7.64. The number of phosphoric ester groups is 1. The van der Waals surface area contributed by atoms with Gasteiger partial charge in [0.1, 0.15) is 0 Å². The zero-order valence-electron chi connectivity index (χ0n) is 10.7. The van der Waals surface area contributed by atoms with E-state index in [0.29, 0.717) is 10.4 Å². The predicted octanol–water partition coefficient (Wildman–Crippen LogP) is 4.49. The summed E-state index contributed by atoms with van der Waals surface area (Å²) in [4.78, 5) is 3.04. The lowest BCUT2D eigenvalue weighted by molar-refractivity contribution is 0.166. The highest BCUT2D eigenvalue weighted by atomic mass is 79.9. The van der Waals surface area contributed by atoms with Crippen LogP contribution < -0.4 is 4.52 Å². The van der Waals surface area contributed by atoms with Crippen LogP contribution in [0.5, 0.6) is 5.88 Å². The topological polar surface area (TPSA) is 60.6 Å². The third-order valence-corrected chi connectivity index (χ3v) is 4.73. The second-order valence-electron chi connectivity index (χ2n) is 3.69. The number of hydrogen-bond donors (Lipinski definition) is 1. The number of aromatic nitrogens is 1. The number of nitrogens with one attached hydrogen (secondary N) is 1. The molecule has 0 bridgehead atoms. The fraction of sp³-hybridized carbons (Fsp3) is 0.333. The number of aromatic amines is 1. The Morgan fingerprint density at radius 3 is 2.42 bits per heavy atom. The summed E-state index contributed by atoms with van der Waals surface area (Å²) in [5.74, 6) is 0.339. The fourth-order valence-electron chi connectivity index (χ4n) is 1.66. The minimum absolute atomic E-state index is 0.245. The lowest BCUT2D eigenvalue weighted by atomic mass is 10.3. The molecule has 0 aliphatic rings. The van der Waals surface area contributed by atoms with Crippen molar-refractivity contribution < 1.29 is 18.1 Å². The number of para-hydroxylation sites is 1. The predicted molar refractivity (Wildman–Crippen MR) is 77.5 cm³/mol. The molecule has 1 heterocycles. The van der Waals surface area contributed by atoms with E-state index in [1.54, 1.807) is 13.8 Å². The molecule has 104 valence electrons. The molecule has 2 aromatic rings. The molecule has 0 unspecified atom stereocenters. The van der Waals surface area contributed by atoms with Gasteiger partial charge in [0, 0.05) is 10.9 Å². The molecular formula is C12H15BrNO4P. The summed E-state index contributed by atoms with van der Waals surface area (Å²) in [7, 11) is -3.58. The van der Waals surface area contributed by atoms with Gasteiger partial charge in [-0.3, -0.25) is 9.05 Å². The maximum Gasteiger partial charge on any atom is 0.531 e. The molecule has 0 radical (unpaired) electrons. The number of rotatable bonds is 6. The van der Waals surface area contributed by atoms with Crippen molar-refractivity contribution in [1.82, 2.24) is 4.98 Å². The number of phosphoric acid groups is 1. The fourth-order valence-corrected chi connectivity index (χ4v) is 3.49. The van der Waals surface area contributed by atoms with Crippen LogP contribution in [-0.2, 0) is 13.6 Å². The van der Waals surface area contributed by atoms with E-state index in [1.807, 2.05) is 24.3 Å². The maximum atomic E-state index is 12.3. The van der Waals surface area contributed by atoms with Crippen molar-refractivity contribution in [2.75, 3.05) is 13.2 Å². The van der Waals surface area contributed by atoms with E-state index in [4.69, 9.17) is 13.6 Å². The lowest BCUT2D eigenvalue weighted by Gasteiger charge is -2.16. The highest BCUT2D eigenvalue weighted by Crippen LogP contribution is 2.51. The van der Waals surface area contributed by atoms with Crippen LogP contribution in [0.2, 0.25) is 0 Å². The summed E-state index contributed by atoms with van der Waals surface area (Å²) in [6.07, 6.45) is 0. The molecule has 19 heavy (non-hydrogen) atoms. The second-order valence-corrected chi connectivity index (χ2v) is 6.07. The molecule has 0 amide bonds. The van der Waals surface area contributed by atoms with E-state index in [2.05, 4.69) is 20.9 Å². The smallest absolute Gasteiger partial charge is 0.386 e. The van der Waals surface area contributed by atoms with Gasteiger partial charge in [-0.05, 0) is 35.8 Å². The van der Waals surface area contributed by atoms with Crippen molar-refractivity contribution in [3.05, 3.63) is 28.7 Å². The maximum absolute atomic E-state index is 12.3. The van der Waals surface area contributed by atoms with Crippen LogP contribution in [0.25, 0.3) is 10.9 Å². The SMILES string of the molecule is CCOP(=O)(OCC)Oc1[nH]c2ccccc2c1Br. The van der Waals surface area contributed by atoms with E-state index >= 15 is 0 Å². The minimum atomic E-state index is -3.58. The van der Waals surface area contributed by atoms with Gasteiger partial charge in [-0.25, -0.2) is 4.57 Å². The van der Waals surface area contributed by atoms with Gasteiger partial charge in [0.2, 0.25) is 5.88 Å². The minimum Gasteiger partial charge on any atom is -0.386 e.